The van der Waals surface area contributed by atoms with Crippen molar-refractivity contribution in [3.63, 3.8) is 0 Å². The molecule has 0 saturated carbocycles. The van der Waals surface area contributed by atoms with Crippen LogP contribution < -0.4 is 5.32 Å². The molecule has 0 fully saturated rings. The zero-order valence-corrected chi connectivity index (χ0v) is 10.7. The summed E-state index contributed by atoms with van der Waals surface area (Å²) in [6.07, 6.45) is 1.44. The number of halogens is 1. The van der Waals surface area contributed by atoms with Gasteiger partial charge in [0.25, 0.3) is 5.91 Å². The SMILES string of the molecule is Cc1oncc1C(=O)NC(C)C(C)CBr. The molecule has 2 atom stereocenters. The van der Waals surface area contributed by atoms with Gasteiger partial charge in [0, 0.05) is 11.4 Å². The molecule has 1 aromatic heterocycles. The molecule has 1 aromatic rings. The molecule has 1 heterocycles. The maximum atomic E-state index is 11.7. The van der Waals surface area contributed by atoms with Crippen LogP contribution >= 0.6 is 15.9 Å². The molecular weight excluding hydrogens is 260 g/mol. The van der Waals surface area contributed by atoms with Gasteiger partial charge in [-0.05, 0) is 19.8 Å². The van der Waals surface area contributed by atoms with Gasteiger partial charge in [-0.2, -0.15) is 0 Å². The fourth-order valence-corrected chi connectivity index (χ4v) is 1.64. The van der Waals surface area contributed by atoms with Gasteiger partial charge in [-0.3, -0.25) is 4.79 Å². The van der Waals surface area contributed by atoms with Crippen LogP contribution in [0.15, 0.2) is 10.7 Å². The molecule has 0 saturated heterocycles. The van der Waals surface area contributed by atoms with Crippen LogP contribution in [0.25, 0.3) is 0 Å². The number of aromatic nitrogens is 1. The summed E-state index contributed by atoms with van der Waals surface area (Å²) in [4.78, 5) is 11.7. The third kappa shape index (κ3) is 3.06. The van der Waals surface area contributed by atoms with E-state index in [0.717, 1.165) is 5.33 Å². The van der Waals surface area contributed by atoms with Crippen LogP contribution in [0.1, 0.15) is 30.0 Å². The number of nitrogens with one attached hydrogen (secondary N) is 1. The first kappa shape index (κ1) is 12.2. The average molecular weight is 275 g/mol. The number of hydrogen-bond donors (Lipinski definition) is 1. The van der Waals surface area contributed by atoms with Crippen LogP contribution in [-0.4, -0.2) is 22.4 Å². The third-order valence-corrected chi connectivity index (χ3v) is 3.47. The quantitative estimate of drug-likeness (QED) is 0.856. The smallest absolute Gasteiger partial charge is 0.256 e. The lowest BCUT2D eigenvalue weighted by molar-refractivity contribution is 0.0929. The Kier molecular flexibility index (Phi) is 4.32. The number of rotatable bonds is 4. The number of carbonyl (C=O) groups is 1. The van der Waals surface area contributed by atoms with Crippen molar-refractivity contribution in [2.24, 2.45) is 5.92 Å². The van der Waals surface area contributed by atoms with Crippen molar-refractivity contribution in [1.29, 1.82) is 0 Å². The minimum absolute atomic E-state index is 0.117. The molecule has 4 nitrogen and oxygen atoms in total. The number of hydrogen-bond acceptors (Lipinski definition) is 3. The minimum atomic E-state index is -0.131. The Hall–Kier alpha value is -0.840. The van der Waals surface area contributed by atoms with E-state index in [-0.39, 0.29) is 11.9 Å². The molecule has 1 rings (SSSR count). The summed E-state index contributed by atoms with van der Waals surface area (Å²) in [6.45, 7) is 5.77. The first-order valence-electron chi connectivity index (χ1n) is 4.84. The molecule has 0 spiro atoms. The first-order chi connectivity index (χ1) is 7.06. The van der Waals surface area contributed by atoms with E-state index in [1.807, 2.05) is 6.92 Å². The topological polar surface area (TPSA) is 55.1 Å². The molecule has 0 aromatic carbocycles. The van der Waals surface area contributed by atoms with Crippen molar-refractivity contribution in [3.05, 3.63) is 17.5 Å². The highest BCUT2D eigenvalue weighted by Crippen LogP contribution is 2.09. The Morgan fingerprint density at radius 2 is 2.33 bits per heavy atom. The van der Waals surface area contributed by atoms with Crippen LogP contribution in [-0.2, 0) is 0 Å². The van der Waals surface area contributed by atoms with E-state index >= 15 is 0 Å². The van der Waals surface area contributed by atoms with Gasteiger partial charge in [-0.25, -0.2) is 0 Å². The Morgan fingerprint density at radius 3 is 2.80 bits per heavy atom. The van der Waals surface area contributed by atoms with Gasteiger partial charge in [-0.15, -0.1) is 0 Å². The Bertz CT molecular complexity index is 338. The van der Waals surface area contributed by atoms with E-state index in [0.29, 0.717) is 17.2 Å². The molecule has 1 amide bonds. The normalized spacial score (nSPS) is 14.7. The van der Waals surface area contributed by atoms with Crippen LogP contribution in [0, 0.1) is 12.8 Å². The van der Waals surface area contributed by atoms with E-state index in [2.05, 4.69) is 33.3 Å². The molecule has 15 heavy (non-hydrogen) atoms. The van der Waals surface area contributed by atoms with Crippen LogP contribution in [0.3, 0.4) is 0 Å². The van der Waals surface area contributed by atoms with Crippen LogP contribution in [0.4, 0.5) is 0 Å². The molecule has 0 aliphatic rings. The zero-order chi connectivity index (χ0) is 11.4. The van der Waals surface area contributed by atoms with Gasteiger partial charge >= 0.3 is 0 Å². The molecule has 1 N–H and O–H groups in total. The number of carbonyl (C=O) groups excluding carboxylic acids is 1. The number of amides is 1. The van der Waals surface area contributed by atoms with Crippen molar-refractivity contribution in [1.82, 2.24) is 10.5 Å². The molecule has 0 bridgehead atoms. The van der Waals surface area contributed by atoms with Crippen molar-refractivity contribution >= 4 is 21.8 Å². The van der Waals surface area contributed by atoms with Crippen molar-refractivity contribution in [2.45, 2.75) is 26.8 Å². The Labute approximate surface area is 97.5 Å². The summed E-state index contributed by atoms with van der Waals surface area (Å²) in [7, 11) is 0. The standard InChI is InChI=1S/C10H15BrN2O2/c1-6(4-11)7(2)13-10(14)9-5-12-15-8(9)3/h5-7H,4H2,1-3H3,(H,13,14). The fraction of sp³-hybridized carbons (Fsp3) is 0.600. The van der Waals surface area contributed by atoms with E-state index < -0.39 is 0 Å². The third-order valence-electron chi connectivity index (χ3n) is 2.45. The lowest BCUT2D eigenvalue weighted by Gasteiger charge is -2.18. The lowest BCUT2D eigenvalue weighted by Crippen LogP contribution is -2.37. The average Bonchev–Trinajstić information content (AvgIpc) is 2.63. The fourth-order valence-electron chi connectivity index (χ4n) is 1.08. The van der Waals surface area contributed by atoms with E-state index in [4.69, 9.17) is 4.52 Å². The highest BCUT2D eigenvalue weighted by atomic mass is 79.9. The molecule has 0 aliphatic heterocycles. The monoisotopic (exact) mass is 274 g/mol. The van der Waals surface area contributed by atoms with Gasteiger partial charge in [0.15, 0.2) is 0 Å². The molecule has 2 unspecified atom stereocenters. The van der Waals surface area contributed by atoms with Gasteiger partial charge < -0.3 is 9.84 Å². The highest BCUT2D eigenvalue weighted by Gasteiger charge is 2.17. The summed E-state index contributed by atoms with van der Waals surface area (Å²) >= 11 is 3.39. The zero-order valence-electron chi connectivity index (χ0n) is 9.08. The predicted octanol–water partition coefficient (Wildman–Crippen LogP) is 2.13. The summed E-state index contributed by atoms with van der Waals surface area (Å²) < 4.78 is 4.83. The van der Waals surface area contributed by atoms with Gasteiger partial charge in [0.1, 0.15) is 11.3 Å². The number of alkyl halides is 1. The minimum Gasteiger partial charge on any atom is -0.361 e. The molecule has 5 heteroatoms. The van der Waals surface area contributed by atoms with Crippen LogP contribution in [0.5, 0.6) is 0 Å². The van der Waals surface area contributed by atoms with Crippen LogP contribution in [0.2, 0.25) is 0 Å². The summed E-state index contributed by atoms with van der Waals surface area (Å²) in [6, 6.07) is 0.117. The van der Waals surface area contributed by atoms with Gasteiger partial charge in [0.05, 0.1) is 6.20 Å². The Morgan fingerprint density at radius 1 is 1.67 bits per heavy atom. The van der Waals surface area contributed by atoms with E-state index in [1.54, 1.807) is 6.92 Å². The highest BCUT2D eigenvalue weighted by molar-refractivity contribution is 9.09. The van der Waals surface area contributed by atoms with E-state index in [1.165, 1.54) is 6.20 Å². The Balaban J connectivity index is 2.60. The maximum Gasteiger partial charge on any atom is 0.256 e. The van der Waals surface area contributed by atoms with Crippen molar-refractivity contribution in [3.8, 4) is 0 Å². The predicted molar refractivity (Wildman–Crippen MR) is 61.1 cm³/mol. The largest absolute Gasteiger partial charge is 0.361 e. The second-order valence-electron chi connectivity index (χ2n) is 3.69. The summed E-state index contributed by atoms with van der Waals surface area (Å²) in [5.41, 5.74) is 0.503. The first-order valence-corrected chi connectivity index (χ1v) is 5.96. The number of nitrogens with zero attached hydrogens (tertiary/aromatic N) is 1. The lowest BCUT2D eigenvalue weighted by atomic mass is 10.1. The van der Waals surface area contributed by atoms with Crippen molar-refractivity contribution < 1.29 is 9.32 Å². The number of aryl methyl sites for hydroxylation is 1. The molecular formula is C10H15BrN2O2. The molecule has 84 valence electrons. The van der Waals surface area contributed by atoms with Crippen molar-refractivity contribution in [2.75, 3.05) is 5.33 Å². The molecule has 0 radical (unpaired) electrons. The summed E-state index contributed by atoms with van der Waals surface area (Å²) in [5.74, 6) is 0.800. The molecule has 0 aliphatic carbocycles. The second kappa shape index (κ2) is 5.30. The van der Waals surface area contributed by atoms with Gasteiger partial charge in [0.2, 0.25) is 0 Å². The van der Waals surface area contributed by atoms with E-state index in [9.17, 15) is 4.79 Å². The second-order valence-corrected chi connectivity index (χ2v) is 4.34. The van der Waals surface area contributed by atoms with Gasteiger partial charge in [-0.1, -0.05) is 28.0 Å². The maximum absolute atomic E-state index is 11.7. The summed E-state index contributed by atoms with van der Waals surface area (Å²) in [5, 5.41) is 7.33.